The van der Waals surface area contributed by atoms with E-state index in [1.54, 1.807) is 0 Å². The van der Waals surface area contributed by atoms with Gasteiger partial charge in [0.25, 0.3) is 0 Å². The van der Waals surface area contributed by atoms with Crippen LogP contribution in [0.1, 0.15) is 44.2 Å². The molecular weight excluding hydrogens is 260 g/mol. The fourth-order valence-electron chi connectivity index (χ4n) is 2.65. The van der Waals surface area contributed by atoms with Crippen molar-refractivity contribution in [1.29, 1.82) is 0 Å². The van der Waals surface area contributed by atoms with Crippen molar-refractivity contribution in [3.8, 4) is 0 Å². The molecule has 1 aliphatic carbocycles. The molecule has 1 aromatic carbocycles. The number of nitrogens with one attached hydrogen (secondary N) is 1. The van der Waals surface area contributed by atoms with Crippen LogP contribution in [0.4, 0.5) is 8.78 Å². The predicted molar refractivity (Wildman–Crippen MR) is 74.4 cm³/mol. The molecule has 1 aliphatic rings. The van der Waals surface area contributed by atoms with Crippen molar-refractivity contribution in [2.45, 2.75) is 52.0 Å². The zero-order valence-electron chi connectivity index (χ0n) is 12.2. The third-order valence-electron chi connectivity index (χ3n) is 3.74. The molecule has 2 nitrogen and oxygen atoms in total. The molecule has 0 radical (unpaired) electrons. The van der Waals surface area contributed by atoms with Gasteiger partial charge in [-0.05, 0) is 49.8 Å². The molecule has 0 saturated heterocycles. The van der Waals surface area contributed by atoms with Crippen LogP contribution in [0, 0.1) is 24.5 Å². The Hall–Kier alpha value is -1.45. The molecule has 2 rings (SSSR count). The van der Waals surface area contributed by atoms with E-state index < -0.39 is 11.6 Å². The minimum atomic E-state index is -0.521. The summed E-state index contributed by atoms with van der Waals surface area (Å²) in [4.78, 5) is 12.0. The number of hydrogen-bond acceptors (Lipinski definition) is 1. The van der Waals surface area contributed by atoms with Crippen LogP contribution < -0.4 is 5.32 Å². The van der Waals surface area contributed by atoms with Crippen LogP contribution >= 0.6 is 0 Å². The van der Waals surface area contributed by atoms with Gasteiger partial charge in [0.2, 0.25) is 5.91 Å². The summed E-state index contributed by atoms with van der Waals surface area (Å²) in [5.41, 5.74) is 0.265. The molecule has 0 aliphatic heterocycles. The third kappa shape index (κ3) is 3.56. The number of amides is 1. The van der Waals surface area contributed by atoms with Gasteiger partial charge in [-0.1, -0.05) is 13.8 Å². The SMILES string of the molecule is Cc1cc(F)c(CC(=O)NC2(CC(C)C)CC2)cc1F. The second-order valence-electron chi connectivity index (χ2n) is 6.30. The highest BCUT2D eigenvalue weighted by atomic mass is 19.1. The molecule has 0 atom stereocenters. The molecule has 0 aromatic heterocycles. The van der Waals surface area contributed by atoms with Crippen LogP contribution in [-0.4, -0.2) is 11.4 Å². The van der Waals surface area contributed by atoms with Crippen molar-refractivity contribution in [2.75, 3.05) is 0 Å². The Bertz CT molecular complexity index is 521. The maximum Gasteiger partial charge on any atom is 0.224 e. The van der Waals surface area contributed by atoms with Gasteiger partial charge in [-0.2, -0.15) is 0 Å². The van der Waals surface area contributed by atoms with Crippen molar-refractivity contribution in [2.24, 2.45) is 5.92 Å². The zero-order valence-corrected chi connectivity index (χ0v) is 12.2. The number of hydrogen-bond donors (Lipinski definition) is 1. The summed E-state index contributed by atoms with van der Waals surface area (Å²) in [6, 6.07) is 2.26. The minimum Gasteiger partial charge on any atom is -0.350 e. The first-order chi connectivity index (χ1) is 9.31. The van der Waals surface area contributed by atoms with E-state index in [9.17, 15) is 13.6 Å². The Labute approximate surface area is 118 Å². The Morgan fingerprint density at radius 3 is 2.50 bits per heavy atom. The summed E-state index contributed by atoms with van der Waals surface area (Å²) in [7, 11) is 0. The van der Waals surface area contributed by atoms with Crippen molar-refractivity contribution in [1.82, 2.24) is 5.32 Å². The first-order valence-corrected chi connectivity index (χ1v) is 7.07. The molecule has 1 amide bonds. The number of benzene rings is 1. The van der Waals surface area contributed by atoms with E-state index in [4.69, 9.17) is 0 Å². The lowest BCUT2D eigenvalue weighted by Crippen LogP contribution is -2.38. The van der Waals surface area contributed by atoms with Gasteiger partial charge < -0.3 is 5.32 Å². The fourth-order valence-corrected chi connectivity index (χ4v) is 2.65. The summed E-state index contributed by atoms with van der Waals surface area (Å²) in [6.07, 6.45) is 2.77. The van der Waals surface area contributed by atoms with Gasteiger partial charge in [-0.15, -0.1) is 0 Å². The molecule has 1 aromatic rings. The Kier molecular flexibility index (Phi) is 4.11. The van der Waals surface area contributed by atoms with Gasteiger partial charge >= 0.3 is 0 Å². The number of carbonyl (C=O) groups is 1. The smallest absolute Gasteiger partial charge is 0.224 e. The summed E-state index contributed by atoms with van der Waals surface area (Å²) in [6.45, 7) is 5.73. The molecule has 1 fully saturated rings. The van der Waals surface area contributed by atoms with E-state index in [1.165, 1.54) is 6.92 Å². The topological polar surface area (TPSA) is 29.1 Å². The van der Waals surface area contributed by atoms with Crippen molar-refractivity contribution in [3.05, 3.63) is 34.9 Å². The number of rotatable bonds is 5. The van der Waals surface area contributed by atoms with Gasteiger partial charge in [0.1, 0.15) is 11.6 Å². The predicted octanol–water partition coefficient (Wildman–Crippen LogP) is 3.51. The van der Waals surface area contributed by atoms with E-state index in [1.807, 2.05) is 0 Å². The Balaban J connectivity index is 2.00. The van der Waals surface area contributed by atoms with Gasteiger partial charge in [0, 0.05) is 11.1 Å². The lowest BCUT2D eigenvalue weighted by atomic mass is 10.0. The van der Waals surface area contributed by atoms with E-state index in [-0.39, 0.29) is 29.0 Å². The average Bonchev–Trinajstić information content (AvgIpc) is 3.04. The zero-order chi connectivity index (χ0) is 14.9. The van der Waals surface area contributed by atoms with Crippen LogP contribution in [0.15, 0.2) is 12.1 Å². The Morgan fingerprint density at radius 2 is 1.95 bits per heavy atom. The number of aryl methyl sites for hydroxylation is 1. The molecule has 1 saturated carbocycles. The largest absolute Gasteiger partial charge is 0.350 e. The minimum absolute atomic E-state index is 0.106. The molecule has 0 unspecified atom stereocenters. The first kappa shape index (κ1) is 14.9. The number of carbonyl (C=O) groups excluding carboxylic acids is 1. The second-order valence-corrected chi connectivity index (χ2v) is 6.30. The van der Waals surface area contributed by atoms with Gasteiger partial charge in [0.15, 0.2) is 0 Å². The highest BCUT2D eigenvalue weighted by Gasteiger charge is 2.43. The van der Waals surface area contributed by atoms with Crippen LogP contribution in [-0.2, 0) is 11.2 Å². The summed E-state index contributed by atoms with van der Waals surface area (Å²) in [5, 5.41) is 2.98. The van der Waals surface area contributed by atoms with Crippen LogP contribution in [0.5, 0.6) is 0 Å². The van der Waals surface area contributed by atoms with Crippen LogP contribution in [0.3, 0.4) is 0 Å². The highest BCUT2D eigenvalue weighted by molar-refractivity contribution is 5.79. The third-order valence-corrected chi connectivity index (χ3v) is 3.74. The molecule has 110 valence electrons. The normalized spacial score (nSPS) is 16.3. The second kappa shape index (κ2) is 5.51. The average molecular weight is 281 g/mol. The summed E-state index contributed by atoms with van der Waals surface area (Å²) >= 11 is 0. The summed E-state index contributed by atoms with van der Waals surface area (Å²) < 4.78 is 27.1. The number of halogens is 2. The Morgan fingerprint density at radius 1 is 1.30 bits per heavy atom. The van der Waals surface area contributed by atoms with E-state index >= 15 is 0 Å². The molecular formula is C16H21F2NO. The molecule has 0 spiro atoms. The molecule has 20 heavy (non-hydrogen) atoms. The molecule has 0 heterocycles. The monoisotopic (exact) mass is 281 g/mol. The lowest BCUT2D eigenvalue weighted by Gasteiger charge is -2.19. The fraction of sp³-hybridized carbons (Fsp3) is 0.562. The van der Waals surface area contributed by atoms with Crippen LogP contribution in [0.2, 0.25) is 0 Å². The maximum atomic E-state index is 13.7. The van der Waals surface area contributed by atoms with E-state index in [2.05, 4.69) is 19.2 Å². The maximum absolute atomic E-state index is 13.7. The van der Waals surface area contributed by atoms with E-state index in [0.29, 0.717) is 5.92 Å². The first-order valence-electron chi connectivity index (χ1n) is 7.07. The summed E-state index contributed by atoms with van der Waals surface area (Å²) in [5.74, 6) is -0.720. The van der Waals surface area contributed by atoms with Crippen LogP contribution in [0.25, 0.3) is 0 Å². The quantitative estimate of drug-likeness (QED) is 0.879. The molecule has 0 bridgehead atoms. The van der Waals surface area contributed by atoms with E-state index in [0.717, 1.165) is 31.4 Å². The van der Waals surface area contributed by atoms with Gasteiger partial charge in [-0.25, -0.2) is 8.78 Å². The van der Waals surface area contributed by atoms with Gasteiger partial charge in [-0.3, -0.25) is 4.79 Å². The van der Waals surface area contributed by atoms with Crippen molar-refractivity contribution in [3.63, 3.8) is 0 Å². The highest BCUT2D eigenvalue weighted by Crippen LogP contribution is 2.41. The lowest BCUT2D eigenvalue weighted by molar-refractivity contribution is -0.121. The van der Waals surface area contributed by atoms with Crippen molar-refractivity contribution >= 4 is 5.91 Å². The molecule has 1 N–H and O–H groups in total. The molecule has 4 heteroatoms. The van der Waals surface area contributed by atoms with Gasteiger partial charge in [0.05, 0.1) is 6.42 Å². The van der Waals surface area contributed by atoms with Crippen molar-refractivity contribution < 1.29 is 13.6 Å². The standard InChI is InChI=1S/C16H21F2NO/c1-10(2)9-16(4-5-16)19-15(20)8-12-7-13(17)11(3)6-14(12)18/h6-7,10H,4-5,8-9H2,1-3H3,(H,19,20).